The van der Waals surface area contributed by atoms with Crippen LogP contribution >= 0.6 is 0 Å². The van der Waals surface area contributed by atoms with E-state index in [2.05, 4.69) is 247 Å². The molecule has 346 valence electrons. The molecule has 4 nitrogen and oxygen atoms in total. The Balaban J connectivity index is 1.08. The molecular formula is C67H56N2O2. The quantitative estimate of drug-likeness (QED) is 0.166. The van der Waals surface area contributed by atoms with Crippen molar-refractivity contribution in [3.63, 3.8) is 0 Å². The fourth-order valence-corrected chi connectivity index (χ4v) is 11.8. The number of para-hydroxylation sites is 2. The Morgan fingerprint density at radius 1 is 0.366 bits per heavy atom. The molecular weight excluding hydrogens is 865 g/mol. The lowest BCUT2D eigenvalue weighted by atomic mass is 9.82. The van der Waals surface area contributed by atoms with Gasteiger partial charge in [-0.1, -0.05) is 175 Å². The summed E-state index contributed by atoms with van der Waals surface area (Å²) in [5.41, 5.74) is 20.3. The van der Waals surface area contributed by atoms with Gasteiger partial charge in [0, 0.05) is 67.1 Å². The summed E-state index contributed by atoms with van der Waals surface area (Å²) in [6.07, 6.45) is 0.871. The highest BCUT2D eigenvalue weighted by atomic mass is 16.3. The third-order valence-electron chi connectivity index (χ3n) is 15.0. The average Bonchev–Trinajstić information content (AvgIpc) is 4.06. The number of aryl methyl sites for hydroxylation is 2. The van der Waals surface area contributed by atoms with E-state index < -0.39 is 0 Å². The molecule has 0 atom stereocenters. The zero-order chi connectivity index (χ0) is 48.5. The fraction of sp³-hybridized carbons (Fsp3) is 0.164. The van der Waals surface area contributed by atoms with Crippen molar-refractivity contribution in [1.82, 2.24) is 0 Å². The van der Waals surface area contributed by atoms with Gasteiger partial charge in [0.05, 0.1) is 22.7 Å². The lowest BCUT2D eigenvalue weighted by Crippen LogP contribution is -2.14. The van der Waals surface area contributed by atoms with Crippen molar-refractivity contribution in [2.75, 3.05) is 9.80 Å². The molecule has 0 spiro atoms. The summed E-state index contributed by atoms with van der Waals surface area (Å²) in [4.78, 5) is 4.90. The van der Waals surface area contributed by atoms with Gasteiger partial charge in [0.15, 0.2) is 5.58 Å². The van der Waals surface area contributed by atoms with Crippen molar-refractivity contribution in [2.24, 2.45) is 0 Å². The molecule has 0 unspecified atom stereocenters. The average molecular weight is 921 g/mol. The zero-order valence-electron chi connectivity index (χ0n) is 41.7. The minimum absolute atomic E-state index is 0.0178. The SMILES string of the molecule is Cc1cccc(N(c2cccc3c2Cc2c-3cccc2C(C)(C)C)c2cc3c(oc4cc(N(c5cccc(C)c5)c5cccc6c5oc5c(C(C)(C)C)cccc56)c5ccccc5c43)c3ccccc23)c1. The predicted molar refractivity (Wildman–Crippen MR) is 300 cm³/mol. The van der Waals surface area contributed by atoms with Crippen molar-refractivity contribution in [1.29, 1.82) is 0 Å². The van der Waals surface area contributed by atoms with Crippen molar-refractivity contribution in [3.05, 3.63) is 215 Å². The number of nitrogens with zero attached hydrogens (tertiary/aromatic N) is 2. The Morgan fingerprint density at radius 3 is 1.54 bits per heavy atom. The molecule has 1 aliphatic rings. The Hall–Kier alpha value is -8.08. The van der Waals surface area contributed by atoms with Gasteiger partial charge < -0.3 is 18.6 Å². The minimum Gasteiger partial charge on any atom is -0.455 e. The topological polar surface area (TPSA) is 32.8 Å². The maximum Gasteiger partial charge on any atom is 0.159 e. The molecule has 2 aromatic heterocycles. The highest BCUT2D eigenvalue weighted by molar-refractivity contribution is 6.28. The van der Waals surface area contributed by atoms with Gasteiger partial charge in [-0.15, -0.1) is 0 Å². The number of hydrogen-bond acceptors (Lipinski definition) is 4. The molecule has 10 aromatic carbocycles. The second kappa shape index (κ2) is 15.7. The van der Waals surface area contributed by atoms with Crippen LogP contribution in [-0.4, -0.2) is 0 Å². The van der Waals surface area contributed by atoms with Crippen LogP contribution in [0.2, 0.25) is 0 Å². The first-order chi connectivity index (χ1) is 34.3. The smallest absolute Gasteiger partial charge is 0.159 e. The largest absolute Gasteiger partial charge is 0.455 e. The maximum atomic E-state index is 7.31. The number of rotatable bonds is 6. The first kappa shape index (κ1) is 43.0. The van der Waals surface area contributed by atoms with Crippen LogP contribution in [0.1, 0.15) is 74.9 Å². The molecule has 71 heavy (non-hydrogen) atoms. The molecule has 0 bridgehead atoms. The number of fused-ring (bicyclic) bond motifs is 13. The van der Waals surface area contributed by atoms with Crippen molar-refractivity contribution in [3.8, 4) is 11.1 Å². The molecule has 0 fully saturated rings. The zero-order valence-corrected chi connectivity index (χ0v) is 41.7. The van der Waals surface area contributed by atoms with Crippen LogP contribution in [0.5, 0.6) is 0 Å². The van der Waals surface area contributed by atoms with E-state index in [1.807, 2.05) is 0 Å². The summed E-state index contributed by atoms with van der Waals surface area (Å²) in [6, 6.07) is 66.9. The first-order valence-electron chi connectivity index (χ1n) is 25.0. The van der Waals surface area contributed by atoms with E-state index in [9.17, 15) is 0 Å². The van der Waals surface area contributed by atoms with Crippen LogP contribution in [0.25, 0.3) is 76.5 Å². The maximum absolute atomic E-state index is 7.31. The summed E-state index contributed by atoms with van der Waals surface area (Å²) < 4.78 is 14.4. The molecule has 2 heterocycles. The van der Waals surface area contributed by atoms with Gasteiger partial charge >= 0.3 is 0 Å². The van der Waals surface area contributed by atoms with Crippen LogP contribution in [0.15, 0.2) is 191 Å². The van der Waals surface area contributed by atoms with Gasteiger partial charge in [0.2, 0.25) is 0 Å². The van der Waals surface area contributed by atoms with Crippen LogP contribution in [0.4, 0.5) is 34.1 Å². The van der Waals surface area contributed by atoms with E-state index in [-0.39, 0.29) is 10.8 Å². The second-order valence-corrected chi connectivity index (χ2v) is 21.8. The van der Waals surface area contributed by atoms with Gasteiger partial charge in [-0.05, 0) is 111 Å². The summed E-state index contributed by atoms with van der Waals surface area (Å²) in [5, 5.41) is 8.83. The monoisotopic (exact) mass is 920 g/mol. The number of hydrogen-bond donors (Lipinski definition) is 0. The predicted octanol–water partition coefficient (Wildman–Crippen LogP) is 19.5. The molecule has 0 radical (unpaired) electrons. The third-order valence-corrected chi connectivity index (χ3v) is 15.0. The first-order valence-corrected chi connectivity index (χ1v) is 25.0. The Kier molecular flexibility index (Phi) is 9.51. The molecule has 13 rings (SSSR count). The molecule has 0 saturated heterocycles. The van der Waals surface area contributed by atoms with Crippen LogP contribution in [0.3, 0.4) is 0 Å². The van der Waals surface area contributed by atoms with Gasteiger partial charge in [-0.3, -0.25) is 0 Å². The molecule has 12 aromatic rings. The third kappa shape index (κ3) is 6.72. The van der Waals surface area contributed by atoms with E-state index in [1.165, 1.54) is 50.2 Å². The van der Waals surface area contributed by atoms with Gasteiger partial charge in [-0.2, -0.15) is 0 Å². The van der Waals surface area contributed by atoms with Crippen molar-refractivity contribution in [2.45, 2.75) is 72.6 Å². The molecule has 1 aliphatic carbocycles. The number of benzene rings is 10. The molecule has 0 N–H and O–H groups in total. The second-order valence-electron chi connectivity index (χ2n) is 21.8. The van der Waals surface area contributed by atoms with Crippen molar-refractivity contribution < 1.29 is 8.83 Å². The Morgan fingerprint density at radius 2 is 0.859 bits per heavy atom. The van der Waals surface area contributed by atoms with E-state index in [4.69, 9.17) is 8.83 Å². The van der Waals surface area contributed by atoms with E-state index in [0.29, 0.717) is 0 Å². The standard InChI is InChI=1S/C67H56N2O2/c1-40-19-13-21-42(35-40)68(57-33-17-28-45-44-27-15-31-55(66(3,4)5)52(44)37-53(45)57)59-38-54-62-48-25-11-9-23-46(48)60(39-61(62)70-63(54)49-26-12-10-24-47(49)59)69(43-22-14-20-41(2)36-43)58-34-18-30-51-50-29-16-32-56(67(6,7)8)64(50)71-65(51)58/h9-36,38-39H,37H2,1-8H3. The highest BCUT2D eigenvalue weighted by Crippen LogP contribution is 2.53. The van der Waals surface area contributed by atoms with Crippen LogP contribution in [-0.2, 0) is 17.3 Å². The Labute approximate surface area is 415 Å². The van der Waals surface area contributed by atoms with Gasteiger partial charge in [-0.25, -0.2) is 0 Å². The Bertz CT molecular complexity index is 4150. The summed E-state index contributed by atoms with van der Waals surface area (Å²) >= 11 is 0. The highest BCUT2D eigenvalue weighted by Gasteiger charge is 2.32. The van der Waals surface area contributed by atoms with Crippen LogP contribution < -0.4 is 9.80 Å². The molecule has 4 heteroatoms. The van der Waals surface area contributed by atoms with E-state index in [0.717, 1.165) is 100 Å². The lowest BCUT2D eigenvalue weighted by Gasteiger charge is -2.29. The fourth-order valence-electron chi connectivity index (χ4n) is 11.8. The van der Waals surface area contributed by atoms with Crippen LogP contribution in [0, 0.1) is 13.8 Å². The van der Waals surface area contributed by atoms with Gasteiger partial charge in [0.25, 0.3) is 0 Å². The molecule has 0 amide bonds. The lowest BCUT2D eigenvalue weighted by molar-refractivity contribution is 0.573. The van der Waals surface area contributed by atoms with Gasteiger partial charge in [0.1, 0.15) is 16.7 Å². The van der Waals surface area contributed by atoms with E-state index in [1.54, 1.807) is 0 Å². The van der Waals surface area contributed by atoms with E-state index >= 15 is 0 Å². The van der Waals surface area contributed by atoms with Crippen molar-refractivity contribution >= 4 is 99.5 Å². The molecule has 0 aliphatic heterocycles. The normalized spacial score (nSPS) is 12.7. The molecule has 0 saturated carbocycles. The number of anilines is 6. The minimum atomic E-state index is -0.101. The summed E-state index contributed by atoms with van der Waals surface area (Å²) in [5.74, 6) is 0. The summed E-state index contributed by atoms with van der Waals surface area (Å²) in [7, 11) is 0. The summed E-state index contributed by atoms with van der Waals surface area (Å²) in [6.45, 7) is 18.1. The number of furan rings is 2.